The normalized spacial score (nSPS) is 18.7. The van der Waals surface area contributed by atoms with Crippen LogP contribution in [0.25, 0.3) is 15.9 Å². The predicted molar refractivity (Wildman–Crippen MR) is 126 cm³/mol. The highest BCUT2D eigenvalue weighted by Crippen LogP contribution is 2.30. The minimum Gasteiger partial charge on any atom is -0.391 e. The van der Waals surface area contributed by atoms with Gasteiger partial charge in [-0.3, -0.25) is 4.79 Å². The zero-order valence-corrected chi connectivity index (χ0v) is 18.8. The van der Waals surface area contributed by atoms with Gasteiger partial charge in [-0.1, -0.05) is 25.0 Å². The van der Waals surface area contributed by atoms with E-state index < -0.39 is 6.10 Å². The lowest BCUT2D eigenvalue weighted by Crippen LogP contribution is -2.45. The third-order valence-corrected chi connectivity index (χ3v) is 7.17. The number of carbonyl (C=O) groups is 1. The fourth-order valence-corrected chi connectivity index (χ4v) is 5.35. The molecule has 164 valence electrons. The number of nitrogens with one attached hydrogen (secondary N) is 1. The second-order valence-electron chi connectivity index (χ2n) is 8.46. The number of amides is 1. The Morgan fingerprint density at radius 3 is 2.78 bits per heavy atom. The van der Waals surface area contributed by atoms with E-state index in [4.69, 9.17) is 0 Å². The molecule has 1 saturated carbocycles. The third kappa shape index (κ3) is 4.31. The molecule has 32 heavy (non-hydrogen) atoms. The summed E-state index contributed by atoms with van der Waals surface area (Å²) >= 11 is 1.71. The van der Waals surface area contributed by atoms with Crippen LogP contribution >= 0.6 is 11.3 Å². The molecule has 0 unspecified atom stereocenters. The number of thiophene rings is 1. The third-order valence-electron chi connectivity index (χ3n) is 6.06. The topological polar surface area (TPSA) is 80.0 Å². The van der Waals surface area contributed by atoms with Crippen LogP contribution in [0.5, 0.6) is 0 Å². The standard InChI is InChI=1S/C25H26N4O2S/c1-16-13-21-24(32-16)18(14-17-7-9-19(10-8-17)29-12-4-11-26-29)15-22(27-21)25(31)28-20-5-2-3-6-23(20)30/h4,7-13,15,20,23,30H,2-3,5-6,14H2,1H3,(H,28,31)/t20-,23-/m0/s1. The number of pyridine rings is 1. The maximum absolute atomic E-state index is 13.0. The van der Waals surface area contributed by atoms with E-state index in [9.17, 15) is 9.90 Å². The van der Waals surface area contributed by atoms with E-state index in [2.05, 4.69) is 46.6 Å². The highest BCUT2D eigenvalue weighted by atomic mass is 32.1. The molecule has 4 aromatic rings. The minimum absolute atomic E-state index is 0.198. The SMILES string of the molecule is Cc1cc2nc(C(=O)N[C@H]3CCCC[C@@H]3O)cc(Cc3ccc(-n4cccn4)cc3)c2s1. The van der Waals surface area contributed by atoms with Gasteiger partial charge in [0.15, 0.2) is 0 Å². The van der Waals surface area contributed by atoms with E-state index in [1.165, 1.54) is 4.88 Å². The van der Waals surface area contributed by atoms with Gasteiger partial charge in [0, 0.05) is 17.3 Å². The zero-order valence-electron chi connectivity index (χ0n) is 18.0. The average Bonchev–Trinajstić information content (AvgIpc) is 3.45. The number of hydrogen-bond donors (Lipinski definition) is 2. The van der Waals surface area contributed by atoms with E-state index in [-0.39, 0.29) is 11.9 Å². The van der Waals surface area contributed by atoms with Crippen molar-refractivity contribution in [2.24, 2.45) is 0 Å². The highest BCUT2D eigenvalue weighted by Gasteiger charge is 2.25. The summed E-state index contributed by atoms with van der Waals surface area (Å²) < 4.78 is 2.95. The Morgan fingerprint density at radius 1 is 1.22 bits per heavy atom. The predicted octanol–water partition coefficient (Wildman–Crippen LogP) is 4.41. The lowest BCUT2D eigenvalue weighted by molar-refractivity contribution is 0.0714. The highest BCUT2D eigenvalue weighted by molar-refractivity contribution is 7.19. The van der Waals surface area contributed by atoms with Crippen LogP contribution in [-0.4, -0.2) is 37.9 Å². The number of aromatic nitrogens is 3. The monoisotopic (exact) mass is 446 g/mol. The van der Waals surface area contributed by atoms with Crippen molar-refractivity contribution in [1.82, 2.24) is 20.1 Å². The Balaban J connectivity index is 1.42. The number of hydrogen-bond acceptors (Lipinski definition) is 5. The van der Waals surface area contributed by atoms with Crippen molar-refractivity contribution < 1.29 is 9.90 Å². The molecular weight excluding hydrogens is 420 g/mol. The van der Waals surface area contributed by atoms with Crippen LogP contribution in [0.4, 0.5) is 0 Å². The van der Waals surface area contributed by atoms with Crippen LogP contribution in [0.3, 0.4) is 0 Å². The van der Waals surface area contributed by atoms with Crippen LogP contribution < -0.4 is 5.32 Å². The number of rotatable bonds is 5. The van der Waals surface area contributed by atoms with Crippen LogP contribution in [0.1, 0.15) is 52.2 Å². The number of aryl methyl sites for hydroxylation is 1. The molecule has 7 heteroatoms. The lowest BCUT2D eigenvalue weighted by atomic mass is 9.92. The first-order valence-corrected chi connectivity index (χ1v) is 11.9. The lowest BCUT2D eigenvalue weighted by Gasteiger charge is -2.28. The summed E-state index contributed by atoms with van der Waals surface area (Å²) in [5.74, 6) is -0.211. The Labute approximate surface area is 190 Å². The van der Waals surface area contributed by atoms with Crippen molar-refractivity contribution in [3.63, 3.8) is 0 Å². The molecule has 1 fully saturated rings. The molecule has 3 aromatic heterocycles. The molecule has 6 nitrogen and oxygen atoms in total. The minimum atomic E-state index is -0.479. The molecule has 1 aliphatic carbocycles. The first kappa shape index (κ1) is 20.8. The molecule has 0 radical (unpaired) electrons. The summed E-state index contributed by atoms with van der Waals surface area (Å²) in [6.07, 6.45) is 7.50. The molecule has 0 bridgehead atoms. The Hall–Kier alpha value is -3.03. The van der Waals surface area contributed by atoms with Crippen LogP contribution in [0, 0.1) is 6.92 Å². The number of aliphatic hydroxyl groups is 1. The molecule has 1 aromatic carbocycles. The van der Waals surface area contributed by atoms with E-state index in [1.54, 1.807) is 17.5 Å². The number of nitrogens with zero attached hydrogens (tertiary/aromatic N) is 3. The second kappa shape index (κ2) is 8.84. The molecule has 5 rings (SSSR count). The Kier molecular flexibility index (Phi) is 5.76. The molecule has 1 amide bonds. The molecule has 0 spiro atoms. The zero-order chi connectivity index (χ0) is 22.1. The molecule has 0 saturated heterocycles. The summed E-state index contributed by atoms with van der Waals surface area (Å²) in [6, 6.07) is 14.0. The summed E-state index contributed by atoms with van der Waals surface area (Å²) in [5, 5.41) is 17.5. The van der Waals surface area contributed by atoms with Crippen molar-refractivity contribution in [3.8, 4) is 5.69 Å². The van der Waals surface area contributed by atoms with Gasteiger partial charge in [0.25, 0.3) is 5.91 Å². The van der Waals surface area contributed by atoms with E-state index in [0.29, 0.717) is 12.1 Å². The average molecular weight is 447 g/mol. The second-order valence-corrected chi connectivity index (χ2v) is 9.72. The van der Waals surface area contributed by atoms with Crippen LogP contribution in [0.15, 0.2) is 54.9 Å². The van der Waals surface area contributed by atoms with Crippen molar-refractivity contribution >= 4 is 27.5 Å². The summed E-state index contributed by atoms with van der Waals surface area (Å²) in [5.41, 5.74) is 4.53. The molecular formula is C25H26N4O2S. The van der Waals surface area contributed by atoms with Gasteiger partial charge < -0.3 is 10.4 Å². The van der Waals surface area contributed by atoms with Gasteiger partial charge >= 0.3 is 0 Å². The van der Waals surface area contributed by atoms with Crippen molar-refractivity contribution in [1.29, 1.82) is 0 Å². The molecule has 2 atom stereocenters. The van der Waals surface area contributed by atoms with E-state index in [0.717, 1.165) is 52.7 Å². The van der Waals surface area contributed by atoms with E-state index in [1.807, 2.05) is 29.1 Å². The number of benzene rings is 1. The van der Waals surface area contributed by atoms with Gasteiger partial charge in [-0.05, 0) is 67.6 Å². The summed E-state index contributed by atoms with van der Waals surface area (Å²) in [4.78, 5) is 18.8. The number of carbonyl (C=O) groups excluding carboxylic acids is 1. The molecule has 3 heterocycles. The largest absolute Gasteiger partial charge is 0.391 e. The first-order valence-electron chi connectivity index (χ1n) is 11.0. The quantitative estimate of drug-likeness (QED) is 0.476. The van der Waals surface area contributed by atoms with E-state index >= 15 is 0 Å². The molecule has 2 N–H and O–H groups in total. The first-order chi connectivity index (χ1) is 15.6. The molecule has 0 aliphatic heterocycles. The van der Waals surface area contributed by atoms with Crippen molar-refractivity contribution in [2.75, 3.05) is 0 Å². The van der Waals surface area contributed by atoms with Crippen molar-refractivity contribution in [2.45, 2.75) is 51.2 Å². The number of aliphatic hydroxyl groups excluding tert-OH is 1. The number of fused-ring (bicyclic) bond motifs is 1. The maximum Gasteiger partial charge on any atom is 0.270 e. The van der Waals surface area contributed by atoms with Crippen LogP contribution in [-0.2, 0) is 6.42 Å². The summed E-state index contributed by atoms with van der Waals surface area (Å²) in [7, 11) is 0. The van der Waals surface area contributed by atoms with Crippen LogP contribution in [0.2, 0.25) is 0 Å². The van der Waals surface area contributed by atoms with Gasteiger partial charge in [0.1, 0.15) is 5.69 Å². The van der Waals surface area contributed by atoms with Gasteiger partial charge in [-0.25, -0.2) is 9.67 Å². The molecule has 1 aliphatic rings. The Bertz CT molecular complexity index is 1230. The summed E-state index contributed by atoms with van der Waals surface area (Å²) in [6.45, 7) is 2.06. The van der Waals surface area contributed by atoms with Gasteiger partial charge in [0.05, 0.1) is 28.0 Å². The van der Waals surface area contributed by atoms with Gasteiger partial charge in [-0.15, -0.1) is 11.3 Å². The smallest absolute Gasteiger partial charge is 0.270 e. The fourth-order valence-electron chi connectivity index (χ4n) is 4.38. The maximum atomic E-state index is 13.0. The fraction of sp³-hybridized carbons (Fsp3) is 0.320. The van der Waals surface area contributed by atoms with Crippen molar-refractivity contribution in [3.05, 3.63) is 76.6 Å². The Morgan fingerprint density at radius 2 is 2.03 bits per heavy atom. The van der Waals surface area contributed by atoms with Gasteiger partial charge in [0.2, 0.25) is 0 Å². The van der Waals surface area contributed by atoms with Gasteiger partial charge in [-0.2, -0.15) is 5.10 Å².